The molecule has 1 aromatic heterocycles. The fourth-order valence-electron chi connectivity index (χ4n) is 2.38. The summed E-state index contributed by atoms with van der Waals surface area (Å²) in [7, 11) is 1.64. The first kappa shape index (κ1) is 12.0. The number of nitrogens with zero attached hydrogens (tertiary/aromatic N) is 1. The molecule has 1 fully saturated rings. The second-order valence-electron chi connectivity index (χ2n) is 4.54. The predicted octanol–water partition coefficient (Wildman–Crippen LogP) is 2.78. The lowest BCUT2D eigenvalue weighted by molar-refractivity contribution is 0.106. The normalized spacial score (nSPS) is 18.7. The van der Waals surface area contributed by atoms with E-state index in [2.05, 4.69) is 5.16 Å². The highest BCUT2D eigenvalue weighted by atomic mass is 16.5. The van der Waals surface area contributed by atoms with Gasteiger partial charge in [0.15, 0.2) is 0 Å². The standard InChI is InChI=1S/C14H16N2O3/c1-17-10-6-4-9(5-7-10)12-13(16-19-14(12)15)11-3-2-8-18-11/h4-7,11H,2-3,8,15H2,1H3. The highest BCUT2D eigenvalue weighted by molar-refractivity contribution is 5.75. The van der Waals surface area contributed by atoms with E-state index in [9.17, 15) is 0 Å². The lowest BCUT2D eigenvalue weighted by Gasteiger charge is -2.08. The largest absolute Gasteiger partial charge is 0.497 e. The van der Waals surface area contributed by atoms with E-state index in [0.717, 1.165) is 42.0 Å². The first-order valence-corrected chi connectivity index (χ1v) is 6.30. The number of ether oxygens (including phenoxy) is 2. The van der Waals surface area contributed by atoms with Crippen LogP contribution in [0.4, 0.5) is 5.88 Å². The number of aromatic nitrogens is 1. The van der Waals surface area contributed by atoms with E-state index < -0.39 is 0 Å². The van der Waals surface area contributed by atoms with Crippen molar-refractivity contribution in [1.29, 1.82) is 0 Å². The summed E-state index contributed by atoms with van der Waals surface area (Å²) in [6.45, 7) is 0.763. The van der Waals surface area contributed by atoms with E-state index in [1.807, 2.05) is 24.3 Å². The summed E-state index contributed by atoms with van der Waals surface area (Å²) in [5, 5.41) is 4.06. The third-order valence-corrected chi connectivity index (χ3v) is 3.36. The van der Waals surface area contributed by atoms with Crippen LogP contribution in [0.5, 0.6) is 5.75 Å². The molecule has 1 atom stereocenters. The number of benzene rings is 1. The SMILES string of the molecule is COc1ccc(-c2c(C3CCCO3)noc2N)cc1. The van der Waals surface area contributed by atoms with Gasteiger partial charge in [-0.15, -0.1) is 0 Å². The Bertz CT molecular complexity index is 557. The van der Waals surface area contributed by atoms with Crippen molar-refractivity contribution in [2.75, 3.05) is 19.5 Å². The van der Waals surface area contributed by atoms with Gasteiger partial charge in [-0.25, -0.2) is 0 Å². The van der Waals surface area contributed by atoms with Crippen LogP contribution in [0, 0.1) is 0 Å². The van der Waals surface area contributed by atoms with Gasteiger partial charge < -0.3 is 19.7 Å². The lowest BCUT2D eigenvalue weighted by atomic mass is 10.0. The van der Waals surface area contributed by atoms with Gasteiger partial charge in [0.2, 0.25) is 5.88 Å². The summed E-state index contributed by atoms with van der Waals surface area (Å²) in [5.41, 5.74) is 8.48. The van der Waals surface area contributed by atoms with E-state index in [4.69, 9.17) is 19.7 Å². The van der Waals surface area contributed by atoms with Crippen LogP contribution >= 0.6 is 0 Å². The van der Waals surface area contributed by atoms with Crippen LogP contribution in [0.2, 0.25) is 0 Å². The number of anilines is 1. The number of methoxy groups -OCH3 is 1. The predicted molar refractivity (Wildman–Crippen MR) is 70.8 cm³/mol. The van der Waals surface area contributed by atoms with Gasteiger partial charge in [-0.3, -0.25) is 0 Å². The molecule has 0 aliphatic carbocycles. The van der Waals surface area contributed by atoms with Crippen LogP contribution in [-0.2, 0) is 4.74 Å². The lowest BCUT2D eigenvalue weighted by Crippen LogP contribution is -1.99. The Morgan fingerprint density at radius 2 is 2.11 bits per heavy atom. The fourth-order valence-corrected chi connectivity index (χ4v) is 2.38. The van der Waals surface area contributed by atoms with Crippen LogP contribution < -0.4 is 10.5 Å². The summed E-state index contributed by atoms with van der Waals surface area (Å²) in [6, 6.07) is 7.67. The van der Waals surface area contributed by atoms with Gasteiger partial charge in [0.25, 0.3) is 0 Å². The van der Waals surface area contributed by atoms with Crippen molar-refractivity contribution in [2.24, 2.45) is 0 Å². The summed E-state index contributed by atoms with van der Waals surface area (Å²) in [4.78, 5) is 0. The smallest absolute Gasteiger partial charge is 0.230 e. The van der Waals surface area contributed by atoms with E-state index in [1.165, 1.54) is 0 Å². The molecule has 1 saturated heterocycles. The summed E-state index contributed by atoms with van der Waals surface area (Å²) < 4.78 is 15.9. The molecule has 100 valence electrons. The van der Waals surface area contributed by atoms with Crippen molar-refractivity contribution in [2.45, 2.75) is 18.9 Å². The zero-order valence-corrected chi connectivity index (χ0v) is 10.8. The van der Waals surface area contributed by atoms with Crippen molar-refractivity contribution in [3.05, 3.63) is 30.0 Å². The molecule has 0 bridgehead atoms. The minimum absolute atomic E-state index is 0.0156. The molecule has 0 spiro atoms. The summed E-state index contributed by atoms with van der Waals surface area (Å²) >= 11 is 0. The number of hydrogen-bond donors (Lipinski definition) is 1. The van der Waals surface area contributed by atoms with Crippen molar-refractivity contribution in [3.8, 4) is 16.9 Å². The molecule has 1 aliphatic heterocycles. The van der Waals surface area contributed by atoms with Crippen LogP contribution in [0.25, 0.3) is 11.1 Å². The van der Waals surface area contributed by atoms with Gasteiger partial charge >= 0.3 is 0 Å². The molecule has 0 amide bonds. The number of nitrogen functional groups attached to an aromatic ring is 1. The minimum atomic E-state index is -0.0156. The Balaban J connectivity index is 2.00. The molecule has 2 N–H and O–H groups in total. The zero-order chi connectivity index (χ0) is 13.2. The highest BCUT2D eigenvalue weighted by Crippen LogP contribution is 2.38. The zero-order valence-electron chi connectivity index (χ0n) is 10.8. The number of nitrogens with two attached hydrogens (primary N) is 1. The van der Waals surface area contributed by atoms with Crippen molar-refractivity contribution in [1.82, 2.24) is 5.16 Å². The Morgan fingerprint density at radius 3 is 2.74 bits per heavy atom. The minimum Gasteiger partial charge on any atom is -0.497 e. The molecule has 2 aromatic rings. The Morgan fingerprint density at radius 1 is 1.32 bits per heavy atom. The van der Waals surface area contributed by atoms with Crippen LogP contribution in [0.1, 0.15) is 24.6 Å². The molecule has 0 radical (unpaired) electrons. The number of rotatable bonds is 3. The van der Waals surface area contributed by atoms with Crippen molar-refractivity contribution in [3.63, 3.8) is 0 Å². The summed E-state index contributed by atoms with van der Waals surface area (Å²) in [6.07, 6.45) is 1.98. The molecule has 1 unspecified atom stereocenters. The topological polar surface area (TPSA) is 70.5 Å². The molecule has 2 heterocycles. The molecule has 3 rings (SSSR count). The van der Waals surface area contributed by atoms with Crippen molar-refractivity contribution >= 4 is 5.88 Å². The van der Waals surface area contributed by atoms with Crippen LogP contribution in [-0.4, -0.2) is 18.9 Å². The molecular formula is C14H16N2O3. The second-order valence-corrected chi connectivity index (χ2v) is 4.54. The molecular weight excluding hydrogens is 244 g/mol. The van der Waals surface area contributed by atoms with E-state index in [1.54, 1.807) is 7.11 Å². The van der Waals surface area contributed by atoms with Gasteiger partial charge in [-0.2, -0.15) is 0 Å². The molecule has 5 heteroatoms. The van der Waals surface area contributed by atoms with Gasteiger partial charge in [0.1, 0.15) is 17.5 Å². The van der Waals surface area contributed by atoms with Crippen molar-refractivity contribution < 1.29 is 14.0 Å². The Kier molecular flexibility index (Phi) is 3.13. The second kappa shape index (κ2) is 4.93. The van der Waals surface area contributed by atoms with E-state index in [-0.39, 0.29) is 6.10 Å². The molecule has 1 aromatic carbocycles. The Hall–Kier alpha value is -2.01. The average molecular weight is 260 g/mol. The Labute approximate surface area is 111 Å². The fraction of sp³-hybridized carbons (Fsp3) is 0.357. The quantitative estimate of drug-likeness (QED) is 0.918. The highest BCUT2D eigenvalue weighted by Gasteiger charge is 2.27. The molecule has 19 heavy (non-hydrogen) atoms. The molecule has 5 nitrogen and oxygen atoms in total. The molecule has 0 saturated carbocycles. The van der Waals surface area contributed by atoms with E-state index >= 15 is 0 Å². The van der Waals surface area contributed by atoms with Crippen LogP contribution in [0.3, 0.4) is 0 Å². The maximum Gasteiger partial charge on any atom is 0.230 e. The summed E-state index contributed by atoms with van der Waals surface area (Å²) in [5.74, 6) is 1.13. The van der Waals surface area contributed by atoms with E-state index in [0.29, 0.717) is 5.88 Å². The third kappa shape index (κ3) is 2.17. The van der Waals surface area contributed by atoms with Gasteiger partial charge in [0, 0.05) is 6.61 Å². The first-order chi connectivity index (χ1) is 9.29. The van der Waals surface area contributed by atoms with Gasteiger partial charge in [-0.05, 0) is 30.5 Å². The van der Waals surface area contributed by atoms with Gasteiger partial charge in [-0.1, -0.05) is 17.3 Å². The third-order valence-electron chi connectivity index (χ3n) is 3.36. The van der Waals surface area contributed by atoms with Crippen LogP contribution in [0.15, 0.2) is 28.8 Å². The first-order valence-electron chi connectivity index (χ1n) is 6.30. The average Bonchev–Trinajstić information content (AvgIpc) is 3.08. The molecule has 1 aliphatic rings. The maximum atomic E-state index is 5.90. The maximum absolute atomic E-state index is 5.90. The van der Waals surface area contributed by atoms with Gasteiger partial charge in [0.05, 0.1) is 12.7 Å². The number of hydrogen-bond acceptors (Lipinski definition) is 5. The monoisotopic (exact) mass is 260 g/mol.